The molecule has 8 nitrogen and oxygen atoms in total. The van der Waals surface area contributed by atoms with Gasteiger partial charge in [0.25, 0.3) is 0 Å². The summed E-state index contributed by atoms with van der Waals surface area (Å²) in [6, 6.07) is 0. The Morgan fingerprint density at radius 3 is 2.52 bits per heavy atom. The number of aliphatic hydroxyl groups excluding tert-OH is 2. The monoisotopic (exact) mass is 464 g/mol. The van der Waals surface area contributed by atoms with Crippen molar-refractivity contribution in [1.29, 1.82) is 0 Å². The molecule has 3 saturated carbocycles. The average Bonchev–Trinajstić information content (AvgIpc) is 2.98. The molecule has 0 amide bonds. The maximum atomic E-state index is 17.2. The van der Waals surface area contributed by atoms with Gasteiger partial charge in [0.1, 0.15) is 6.61 Å². The number of aliphatic hydroxyl groups is 2. The third-order valence-corrected chi connectivity index (χ3v) is 8.99. The van der Waals surface area contributed by atoms with E-state index in [4.69, 9.17) is 4.74 Å². The van der Waals surface area contributed by atoms with E-state index in [-0.39, 0.29) is 24.8 Å². The molecule has 0 unspecified atom stereocenters. The Morgan fingerprint density at radius 1 is 1.24 bits per heavy atom. The largest absolute Gasteiger partial charge is 0.509 e. The lowest BCUT2D eigenvalue weighted by Crippen LogP contribution is -2.71. The molecule has 0 bridgehead atoms. The number of hydrogen-bond acceptors (Lipinski definition) is 8. The molecule has 0 saturated heterocycles. The highest BCUT2D eigenvalue weighted by molar-refractivity contribution is 6.10. The Bertz CT molecular complexity index is 1000. The highest BCUT2D eigenvalue weighted by Crippen LogP contribution is 2.71. The molecule has 4 rings (SSSR count). The lowest BCUT2D eigenvalue weighted by molar-refractivity contribution is -0.220. The van der Waals surface area contributed by atoms with Gasteiger partial charge in [0.2, 0.25) is 5.78 Å². The normalized spacial score (nSPS) is 46.1. The molecule has 0 spiro atoms. The van der Waals surface area contributed by atoms with Gasteiger partial charge in [-0.3, -0.25) is 14.4 Å². The summed E-state index contributed by atoms with van der Waals surface area (Å²) in [5.41, 5.74) is -6.92. The molecular formula is C24H29FO8. The van der Waals surface area contributed by atoms with E-state index < -0.39 is 76.1 Å². The van der Waals surface area contributed by atoms with Crippen LogP contribution < -0.4 is 0 Å². The highest BCUT2D eigenvalue weighted by Gasteiger charge is 2.78. The smallest absolute Gasteiger partial charge is 0.438 e. The highest BCUT2D eigenvalue weighted by atomic mass is 19.1. The summed E-state index contributed by atoms with van der Waals surface area (Å²) in [6.07, 6.45) is 0.656. The lowest BCUT2D eigenvalue weighted by Gasteiger charge is -2.62. The molecule has 3 fully saturated rings. The van der Waals surface area contributed by atoms with Gasteiger partial charge in [0, 0.05) is 29.2 Å². The van der Waals surface area contributed by atoms with Crippen LogP contribution in [0.1, 0.15) is 40.0 Å². The van der Waals surface area contributed by atoms with E-state index in [0.29, 0.717) is 0 Å². The molecule has 8 atom stereocenters. The van der Waals surface area contributed by atoms with Crippen LogP contribution in [-0.4, -0.2) is 64.8 Å². The standard InChI is InChI=1S/C24H29FO8/c1-12-7-14-15-9-17(28)16-8-13(27)5-6-21(16,2)23(15,25)18(29)10-22(14,3)24(12,19(30)11-26)33-20(31)32-4/h5-6,8,12,14-15,18,26,29H,7,9-11H2,1-4H3/t12-,14-,15-,18-,21-,22-,23-,24-/m0/s1. The summed E-state index contributed by atoms with van der Waals surface area (Å²) in [7, 11) is 1.09. The summed E-state index contributed by atoms with van der Waals surface area (Å²) in [4.78, 5) is 50.3. The number of carbonyl (C=O) groups is 4. The number of allylic oxidation sites excluding steroid dienone is 4. The Balaban J connectivity index is 1.89. The van der Waals surface area contributed by atoms with Crippen LogP contribution in [0, 0.1) is 28.6 Å². The second kappa shape index (κ2) is 7.30. The Hall–Kier alpha value is -2.39. The molecule has 0 aromatic rings. The second-order valence-corrected chi connectivity index (χ2v) is 10.3. The second-order valence-electron chi connectivity index (χ2n) is 10.3. The number of carbonyl (C=O) groups excluding carboxylic acids is 4. The van der Waals surface area contributed by atoms with E-state index in [2.05, 4.69) is 4.74 Å². The third-order valence-electron chi connectivity index (χ3n) is 8.99. The number of alkyl halides is 1. The van der Waals surface area contributed by atoms with E-state index >= 15 is 4.39 Å². The molecule has 0 radical (unpaired) electrons. The molecule has 33 heavy (non-hydrogen) atoms. The first-order chi connectivity index (χ1) is 15.3. The molecule has 0 aromatic heterocycles. The number of ketones is 3. The van der Waals surface area contributed by atoms with Crippen LogP contribution in [0.5, 0.6) is 0 Å². The third kappa shape index (κ3) is 2.69. The van der Waals surface area contributed by atoms with Crippen LogP contribution in [-0.2, 0) is 23.9 Å². The number of halogens is 1. The van der Waals surface area contributed by atoms with Gasteiger partial charge in [-0.1, -0.05) is 19.9 Å². The molecule has 2 N–H and O–H groups in total. The van der Waals surface area contributed by atoms with E-state index in [1.165, 1.54) is 19.1 Å². The number of ether oxygens (including phenoxy) is 2. The van der Waals surface area contributed by atoms with Gasteiger partial charge < -0.3 is 19.7 Å². The zero-order valence-electron chi connectivity index (χ0n) is 19.1. The minimum Gasteiger partial charge on any atom is -0.438 e. The van der Waals surface area contributed by atoms with E-state index in [0.717, 1.165) is 13.2 Å². The van der Waals surface area contributed by atoms with Crippen molar-refractivity contribution in [3.8, 4) is 0 Å². The van der Waals surface area contributed by atoms with Gasteiger partial charge in [-0.25, -0.2) is 9.18 Å². The van der Waals surface area contributed by atoms with E-state index in [1.54, 1.807) is 13.8 Å². The Kier molecular flexibility index (Phi) is 5.26. The molecule has 4 aliphatic rings. The number of fused-ring (bicyclic) bond motifs is 5. The zero-order chi connectivity index (χ0) is 24.6. The average molecular weight is 464 g/mol. The Labute approximate surface area is 190 Å². The van der Waals surface area contributed by atoms with Crippen molar-refractivity contribution in [3.63, 3.8) is 0 Å². The van der Waals surface area contributed by atoms with Crippen LogP contribution in [0.15, 0.2) is 23.8 Å². The molecule has 9 heteroatoms. The molecular weight excluding hydrogens is 435 g/mol. The number of Topliss-reactive ketones (excluding diaryl/α,β-unsaturated/α-hetero) is 2. The minimum absolute atomic E-state index is 0.0333. The maximum absolute atomic E-state index is 17.2. The van der Waals surface area contributed by atoms with Crippen LogP contribution in [0.25, 0.3) is 0 Å². The number of methoxy groups -OCH3 is 1. The summed E-state index contributed by atoms with van der Waals surface area (Å²) < 4.78 is 27.4. The van der Waals surface area contributed by atoms with Crippen molar-refractivity contribution in [1.82, 2.24) is 0 Å². The maximum Gasteiger partial charge on any atom is 0.509 e. The first-order valence-electron chi connectivity index (χ1n) is 11.1. The fourth-order valence-corrected chi connectivity index (χ4v) is 7.52. The summed E-state index contributed by atoms with van der Waals surface area (Å²) in [5.74, 6) is -3.84. The van der Waals surface area contributed by atoms with Gasteiger partial charge in [-0.2, -0.15) is 0 Å². The van der Waals surface area contributed by atoms with Crippen LogP contribution in [0.3, 0.4) is 0 Å². The summed E-state index contributed by atoms with van der Waals surface area (Å²) >= 11 is 0. The van der Waals surface area contributed by atoms with E-state index in [9.17, 15) is 29.4 Å². The van der Waals surface area contributed by atoms with Gasteiger partial charge >= 0.3 is 6.16 Å². The van der Waals surface area contributed by atoms with E-state index in [1.807, 2.05) is 0 Å². The van der Waals surface area contributed by atoms with Gasteiger partial charge in [-0.05, 0) is 37.8 Å². The first-order valence-corrected chi connectivity index (χ1v) is 11.1. The van der Waals surface area contributed by atoms with Gasteiger partial charge in [0.15, 0.2) is 22.8 Å². The molecule has 4 aliphatic carbocycles. The predicted molar refractivity (Wildman–Crippen MR) is 112 cm³/mol. The fraction of sp³-hybridized carbons (Fsp3) is 0.667. The topological polar surface area (TPSA) is 127 Å². The van der Waals surface area contributed by atoms with Crippen LogP contribution >= 0.6 is 0 Å². The van der Waals surface area contributed by atoms with Crippen molar-refractivity contribution in [3.05, 3.63) is 23.8 Å². The molecule has 180 valence electrons. The van der Waals surface area contributed by atoms with Crippen LogP contribution in [0.4, 0.5) is 9.18 Å². The van der Waals surface area contributed by atoms with Crippen molar-refractivity contribution >= 4 is 23.5 Å². The quantitative estimate of drug-likeness (QED) is 0.606. The molecule has 0 aliphatic heterocycles. The van der Waals surface area contributed by atoms with Gasteiger partial charge in [-0.15, -0.1) is 0 Å². The number of hydrogen-bond donors (Lipinski definition) is 2. The van der Waals surface area contributed by atoms with Gasteiger partial charge in [0.05, 0.1) is 18.6 Å². The van der Waals surface area contributed by atoms with Crippen molar-refractivity contribution in [2.45, 2.75) is 57.4 Å². The van der Waals surface area contributed by atoms with Crippen molar-refractivity contribution in [2.24, 2.45) is 28.6 Å². The molecule has 0 heterocycles. The fourth-order valence-electron chi connectivity index (χ4n) is 7.52. The Morgan fingerprint density at radius 2 is 1.91 bits per heavy atom. The molecule has 0 aromatic carbocycles. The predicted octanol–water partition coefficient (Wildman–Crippen LogP) is 1.87. The lowest BCUT2D eigenvalue weighted by atomic mass is 9.44. The summed E-state index contributed by atoms with van der Waals surface area (Å²) in [5, 5.41) is 21.1. The first kappa shape index (κ1) is 23.8. The minimum atomic E-state index is -2.29. The number of rotatable bonds is 3. The van der Waals surface area contributed by atoms with Crippen molar-refractivity contribution < 1.29 is 43.3 Å². The van der Waals surface area contributed by atoms with Crippen molar-refractivity contribution in [2.75, 3.05) is 13.7 Å². The zero-order valence-corrected chi connectivity index (χ0v) is 19.1. The van der Waals surface area contributed by atoms with Crippen LogP contribution in [0.2, 0.25) is 0 Å². The SMILES string of the molecule is COC(=O)O[C@]1(C(=O)CO)[C@@H](C)C[C@H]2[C@@H]3CC(=O)C4=CC(=O)C=C[C@]4(C)[C@@]3(F)[C@@H](O)C[C@@]21C. The summed E-state index contributed by atoms with van der Waals surface area (Å²) in [6.45, 7) is 3.90.